The topological polar surface area (TPSA) is 33.7 Å². The van der Waals surface area contributed by atoms with Crippen molar-refractivity contribution in [1.29, 1.82) is 0 Å². The standard InChI is InChI=1S/C15H34N2O2/c1-4-16-10-7-5-6-8-11-17(13-15-19-3)12-9-14-18-2/h16H,4-15H2,1-3H3. The molecule has 0 radical (unpaired) electrons. The SMILES string of the molecule is CCNCCCCCCN(CCCOC)CCOC. The van der Waals surface area contributed by atoms with Crippen molar-refractivity contribution in [2.24, 2.45) is 0 Å². The van der Waals surface area contributed by atoms with Crippen molar-refractivity contribution >= 4 is 0 Å². The van der Waals surface area contributed by atoms with E-state index in [-0.39, 0.29) is 0 Å². The molecule has 0 saturated carbocycles. The molecule has 116 valence electrons. The molecule has 0 aromatic carbocycles. The quantitative estimate of drug-likeness (QED) is 0.464. The van der Waals surface area contributed by atoms with Crippen LogP contribution >= 0.6 is 0 Å². The fourth-order valence-corrected chi connectivity index (χ4v) is 2.10. The van der Waals surface area contributed by atoms with Gasteiger partial charge in [-0.25, -0.2) is 0 Å². The Morgan fingerprint density at radius 3 is 2.16 bits per heavy atom. The number of hydrogen-bond donors (Lipinski definition) is 1. The summed E-state index contributed by atoms with van der Waals surface area (Å²) in [6, 6.07) is 0. The van der Waals surface area contributed by atoms with E-state index in [1.54, 1.807) is 14.2 Å². The van der Waals surface area contributed by atoms with Gasteiger partial charge in [0, 0.05) is 33.9 Å². The molecule has 1 N–H and O–H groups in total. The number of nitrogens with one attached hydrogen (secondary N) is 1. The van der Waals surface area contributed by atoms with Gasteiger partial charge in [-0.15, -0.1) is 0 Å². The van der Waals surface area contributed by atoms with Crippen LogP contribution in [0.1, 0.15) is 39.0 Å². The Balaban J connectivity index is 3.49. The largest absolute Gasteiger partial charge is 0.385 e. The second kappa shape index (κ2) is 15.9. The van der Waals surface area contributed by atoms with Crippen LogP contribution in [0.5, 0.6) is 0 Å². The summed E-state index contributed by atoms with van der Waals surface area (Å²) >= 11 is 0. The van der Waals surface area contributed by atoms with Crippen molar-refractivity contribution in [3.63, 3.8) is 0 Å². The third kappa shape index (κ3) is 14.1. The molecule has 0 aliphatic heterocycles. The van der Waals surface area contributed by atoms with E-state index in [1.807, 2.05) is 0 Å². The van der Waals surface area contributed by atoms with Crippen LogP contribution in [-0.2, 0) is 9.47 Å². The van der Waals surface area contributed by atoms with Crippen LogP contribution < -0.4 is 5.32 Å². The Bertz CT molecular complexity index is 168. The normalized spacial score (nSPS) is 11.4. The molecule has 4 nitrogen and oxygen atoms in total. The van der Waals surface area contributed by atoms with E-state index in [2.05, 4.69) is 17.1 Å². The minimum absolute atomic E-state index is 0.827. The van der Waals surface area contributed by atoms with Gasteiger partial charge in [0.2, 0.25) is 0 Å². The molecule has 0 aliphatic carbocycles. The number of methoxy groups -OCH3 is 2. The van der Waals surface area contributed by atoms with Gasteiger partial charge in [0.25, 0.3) is 0 Å². The molecule has 0 aliphatic rings. The first kappa shape index (κ1) is 18.8. The molecule has 0 aromatic rings. The summed E-state index contributed by atoms with van der Waals surface area (Å²) in [4.78, 5) is 2.49. The summed E-state index contributed by atoms with van der Waals surface area (Å²) in [6.45, 7) is 9.44. The molecule has 0 spiro atoms. The molecule has 0 amide bonds. The first-order chi connectivity index (χ1) is 9.35. The number of nitrogens with zero attached hydrogens (tertiary/aromatic N) is 1. The fourth-order valence-electron chi connectivity index (χ4n) is 2.10. The van der Waals surface area contributed by atoms with Gasteiger partial charge in [-0.2, -0.15) is 0 Å². The van der Waals surface area contributed by atoms with E-state index in [9.17, 15) is 0 Å². The van der Waals surface area contributed by atoms with Crippen LogP contribution in [0.2, 0.25) is 0 Å². The van der Waals surface area contributed by atoms with Gasteiger partial charge in [0.1, 0.15) is 0 Å². The maximum Gasteiger partial charge on any atom is 0.0589 e. The van der Waals surface area contributed by atoms with Gasteiger partial charge in [-0.05, 0) is 38.9 Å². The monoisotopic (exact) mass is 274 g/mol. The molecule has 0 unspecified atom stereocenters. The highest BCUT2D eigenvalue weighted by Crippen LogP contribution is 2.02. The van der Waals surface area contributed by atoms with Crippen LogP contribution in [0.3, 0.4) is 0 Å². The van der Waals surface area contributed by atoms with E-state index in [0.29, 0.717) is 0 Å². The first-order valence-corrected chi connectivity index (χ1v) is 7.76. The van der Waals surface area contributed by atoms with Crippen LogP contribution in [0.4, 0.5) is 0 Å². The third-order valence-electron chi connectivity index (χ3n) is 3.26. The molecule has 0 atom stereocenters. The van der Waals surface area contributed by atoms with E-state index < -0.39 is 0 Å². The van der Waals surface area contributed by atoms with Crippen molar-refractivity contribution < 1.29 is 9.47 Å². The molecule has 0 rings (SSSR count). The fraction of sp³-hybridized carbons (Fsp3) is 1.00. The van der Waals surface area contributed by atoms with Crippen LogP contribution in [0.25, 0.3) is 0 Å². The molecule has 0 fully saturated rings. The second-order valence-electron chi connectivity index (χ2n) is 4.95. The van der Waals surface area contributed by atoms with Gasteiger partial charge in [0.15, 0.2) is 0 Å². The highest BCUT2D eigenvalue weighted by Gasteiger charge is 2.04. The zero-order valence-corrected chi connectivity index (χ0v) is 13.2. The highest BCUT2D eigenvalue weighted by molar-refractivity contribution is 4.58. The van der Waals surface area contributed by atoms with Gasteiger partial charge in [-0.3, -0.25) is 0 Å². The zero-order chi connectivity index (χ0) is 14.2. The van der Waals surface area contributed by atoms with Gasteiger partial charge in [-0.1, -0.05) is 19.8 Å². The summed E-state index contributed by atoms with van der Waals surface area (Å²) < 4.78 is 10.3. The number of ether oxygens (including phenoxy) is 2. The first-order valence-electron chi connectivity index (χ1n) is 7.76. The number of rotatable bonds is 15. The van der Waals surface area contributed by atoms with E-state index in [4.69, 9.17) is 9.47 Å². The lowest BCUT2D eigenvalue weighted by atomic mass is 10.2. The summed E-state index contributed by atoms with van der Waals surface area (Å²) in [6.07, 6.45) is 6.38. The van der Waals surface area contributed by atoms with Crippen LogP contribution in [0.15, 0.2) is 0 Å². The van der Waals surface area contributed by atoms with Crippen molar-refractivity contribution in [3.8, 4) is 0 Å². The molecule has 0 heterocycles. The minimum atomic E-state index is 0.827. The minimum Gasteiger partial charge on any atom is -0.385 e. The maximum atomic E-state index is 5.17. The van der Waals surface area contributed by atoms with E-state index in [0.717, 1.165) is 45.8 Å². The van der Waals surface area contributed by atoms with Crippen molar-refractivity contribution in [2.75, 3.05) is 60.2 Å². The van der Waals surface area contributed by atoms with Crippen LogP contribution in [0, 0.1) is 0 Å². The lowest BCUT2D eigenvalue weighted by molar-refractivity contribution is 0.131. The van der Waals surface area contributed by atoms with Gasteiger partial charge >= 0.3 is 0 Å². The molecule has 0 aromatic heterocycles. The Morgan fingerprint density at radius 2 is 1.47 bits per heavy atom. The van der Waals surface area contributed by atoms with Gasteiger partial charge < -0.3 is 19.7 Å². The maximum absolute atomic E-state index is 5.17. The number of hydrogen-bond acceptors (Lipinski definition) is 4. The molecule has 0 bridgehead atoms. The van der Waals surface area contributed by atoms with Crippen LogP contribution in [-0.4, -0.2) is 65.1 Å². The average Bonchev–Trinajstić information content (AvgIpc) is 2.43. The lowest BCUT2D eigenvalue weighted by Crippen LogP contribution is -2.30. The molecule has 19 heavy (non-hydrogen) atoms. The average molecular weight is 274 g/mol. The molecule has 0 saturated heterocycles. The summed E-state index contributed by atoms with van der Waals surface area (Å²) in [5, 5.41) is 3.37. The zero-order valence-electron chi connectivity index (χ0n) is 13.2. The molecular weight excluding hydrogens is 240 g/mol. The van der Waals surface area contributed by atoms with E-state index in [1.165, 1.54) is 32.2 Å². The van der Waals surface area contributed by atoms with Crippen molar-refractivity contribution in [1.82, 2.24) is 10.2 Å². The Hall–Kier alpha value is -0.160. The second-order valence-corrected chi connectivity index (χ2v) is 4.95. The van der Waals surface area contributed by atoms with Crippen molar-refractivity contribution in [3.05, 3.63) is 0 Å². The molecule has 4 heteroatoms. The summed E-state index contributed by atoms with van der Waals surface area (Å²) in [7, 11) is 3.54. The van der Waals surface area contributed by atoms with E-state index >= 15 is 0 Å². The van der Waals surface area contributed by atoms with Crippen molar-refractivity contribution in [2.45, 2.75) is 39.0 Å². The Labute approximate surface area is 119 Å². The summed E-state index contributed by atoms with van der Waals surface area (Å²) in [5.74, 6) is 0. The number of unbranched alkanes of at least 4 members (excludes halogenated alkanes) is 3. The lowest BCUT2D eigenvalue weighted by Gasteiger charge is -2.21. The molecular formula is C15H34N2O2. The highest BCUT2D eigenvalue weighted by atomic mass is 16.5. The predicted octanol–water partition coefficient (Wildman–Crippen LogP) is 2.14. The Morgan fingerprint density at radius 1 is 0.789 bits per heavy atom. The Kier molecular flexibility index (Phi) is 15.8. The smallest absolute Gasteiger partial charge is 0.0589 e. The van der Waals surface area contributed by atoms with Gasteiger partial charge in [0.05, 0.1) is 6.61 Å². The predicted molar refractivity (Wildman–Crippen MR) is 81.8 cm³/mol. The summed E-state index contributed by atoms with van der Waals surface area (Å²) in [5.41, 5.74) is 0. The third-order valence-corrected chi connectivity index (χ3v) is 3.26.